The monoisotopic (exact) mass is 202 g/mol. The molecule has 0 aromatic heterocycles. The molecule has 1 aliphatic carbocycles. The van der Waals surface area contributed by atoms with E-state index in [4.69, 9.17) is 11.5 Å². The lowest BCUT2D eigenvalue weighted by Crippen LogP contribution is -2.06. The third-order valence-electron chi connectivity index (χ3n) is 2.65. The van der Waals surface area contributed by atoms with Crippen LogP contribution in [-0.2, 0) is 4.79 Å². The summed E-state index contributed by atoms with van der Waals surface area (Å²) < 4.78 is 0. The van der Waals surface area contributed by atoms with Gasteiger partial charge < -0.3 is 11.5 Å². The smallest absolute Gasteiger partial charge is 0.155 e. The number of nitrogen functional groups attached to an aromatic ring is 2. The largest absolute Gasteiger partial charge is 0.398 e. The SMILES string of the molecule is Nc1cccc(N)c1C1=CC(=O)CCC1. The second kappa shape index (κ2) is 3.77. The number of hydrogen-bond acceptors (Lipinski definition) is 3. The van der Waals surface area contributed by atoms with Gasteiger partial charge in [0.25, 0.3) is 0 Å². The number of nitrogens with two attached hydrogens (primary N) is 2. The highest BCUT2D eigenvalue weighted by molar-refractivity contribution is 6.01. The quantitative estimate of drug-likeness (QED) is 0.684. The maximum atomic E-state index is 11.3. The topological polar surface area (TPSA) is 69.1 Å². The van der Waals surface area contributed by atoms with Gasteiger partial charge in [-0.2, -0.15) is 0 Å². The predicted molar refractivity (Wildman–Crippen MR) is 62.1 cm³/mol. The molecule has 4 N–H and O–H groups in total. The van der Waals surface area contributed by atoms with Gasteiger partial charge in [0, 0.05) is 23.4 Å². The molecule has 0 bridgehead atoms. The lowest BCUT2D eigenvalue weighted by Gasteiger charge is -2.16. The molecule has 0 atom stereocenters. The highest BCUT2D eigenvalue weighted by Gasteiger charge is 2.15. The van der Waals surface area contributed by atoms with E-state index in [1.54, 1.807) is 6.08 Å². The van der Waals surface area contributed by atoms with Crippen LogP contribution in [0.15, 0.2) is 24.3 Å². The van der Waals surface area contributed by atoms with Crippen LogP contribution in [0.3, 0.4) is 0 Å². The fraction of sp³-hybridized carbons (Fsp3) is 0.250. The average molecular weight is 202 g/mol. The second-order valence-corrected chi connectivity index (χ2v) is 3.80. The van der Waals surface area contributed by atoms with Crippen molar-refractivity contribution in [2.45, 2.75) is 19.3 Å². The molecular formula is C12H14N2O. The van der Waals surface area contributed by atoms with Crippen LogP contribution < -0.4 is 11.5 Å². The Morgan fingerprint density at radius 1 is 1.07 bits per heavy atom. The second-order valence-electron chi connectivity index (χ2n) is 3.80. The number of benzene rings is 1. The van der Waals surface area contributed by atoms with Crippen LogP contribution in [0.2, 0.25) is 0 Å². The van der Waals surface area contributed by atoms with Gasteiger partial charge in [-0.1, -0.05) is 6.07 Å². The van der Waals surface area contributed by atoms with E-state index in [1.165, 1.54) is 0 Å². The zero-order valence-electron chi connectivity index (χ0n) is 8.49. The summed E-state index contributed by atoms with van der Waals surface area (Å²) in [5.74, 6) is 0.166. The minimum absolute atomic E-state index is 0.166. The van der Waals surface area contributed by atoms with Crippen molar-refractivity contribution in [1.82, 2.24) is 0 Å². The molecule has 15 heavy (non-hydrogen) atoms. The van der Waals surface area contributed by atoms with Crippen LogP contribution in [-0.4, -0.2) is 5.78 Å². The zero-order valence-corrected chi connectivity index (χ0v) is 8.49. The van der Waals surface area contributed by atoms with Crippen molar-refractivity contribution in [3.05, 3.63) is 29.8 Å². The van der Waals surface area contributed by atoms with Crippen molar-refractivity contribution in [2.75, 3.05) is 11.5 Å². The number of anilines is 2. The maximum absolute atomic E-state index is 11.3. The Hall–Kier alpha value is -1.77. The Kier molecular flexibility index (Phi) is 2.46. The molecule has 0 saturated heterocycles. The van der Waals surface area contributed by atoms with Crippen LogP contribution in [0.5, 0.6) is 0 Å². The third kappa shape index (κ3) is 1.86. The van der Waals surface area contributed by atoms with Crippen molar-refractivity contribution in [3.63, 3.8) is 0 Å². The lowest BCUT2D eigenvalue weighted by atomic mass is 9.91. The minimum atomic E-state index is 0.166. The maximum Gasteiger partial charge on any atom is 0.155 e. The van der Waals surface area contributed by atoms with Crippen molar-refractivity contribution < 1.29 is 4.79 Å². The van der Waals surface area contributed by atoms with Gasteiger partial charge in [-0.15, -0.1) is 0 Å². The van der Waals surface area contributed by atoms with E-state index in [-0.39, 0.29) is 5.78 Å². The van der Waals surface area contributed by atoms with Gasteiger partial charge >= 0.3 is 0 Å². The highest BCUT2D eigenvalue weighted by atomic mass is 16.1. The number of allylic oxidation sites excluding steroid dienone is 2. The van der Waals surface area contributed by atoms with E-state index in [0.29, 0.717) is 17.8 Å². The Morgan fingerprint density at radius 2 is 1.73 bits per heavy atom. The molecule has 3 heteroatoms. The van der Waals surface area contributed by atoms with Crippen LogP contribution in [0, 0.1) is 0 Å². The van der Waals surface area contributed by atoms with Gasteiger partial charge in [0.1, 0.15) is 0 Å². The molecule has 0 fully saturated rings. The summed E-state index contributed by atoms with van der Waals surface area (Å²) in [5, 5.41) is 0. The molecule has 0 spiro atoms. The number of carbonyl (C=O) groups is 1. The number of hydrogen-bond donors (Lipinski definition) is 2. The van der Waals surface area contributed by atoms with Gasteiger partial charge in [0.05, 0.1) is 0 Å². The molecule has 0 heterocycles. The Bertz CT molecular complexity index is 415. The zero-order chi connectivity index (χ0) is 10.8. The van der Waals surface area contributed by atoms with Crippen LogP contribution in [0.4, 0.5) is 11.4 Å². The summed E-state index contributed by atoms with van der Waals surface area (Å²) in [7, 11) is 0. The van der Waals surface area contributed by atoms with Crippen molar-refractivity contribution >= 4 is 22.7 Å². The van der Waals surface area contributed by atoms with E-state index in [1.807, 2.05) is 18.2 Å². The van der Waals surface area contributed by atoms with Gasteiger partial charge in [-0.25, -0.2) is 0 Å². The van der Waals surface area contributed by atoms with E-state index in [0.717, 1.165) is 24.0 Å². The molecule has 0 radical (unpaired) electrons. The molecule has 2 rings (SSSR count). The lowest BCUT2D eigenvalue weighted by molar-refractivity contribution is -0.114. The van der Waals surface area contributed by atoms with Crippen LogP contribution in [0.25, 0.3) is 5.57 Å². The fourth-order valence-electron chi connectivity index (χ4n) is 1.95. The first-order chi connectivity index (χ1) is 7.18. The molecular weight excluding hydrogens is 188 g/mol. The Balaban J connectivity index is 2.49. The molecule has 1 aliphatic rings. The van der Waals surface area contributed by atoms with Crippen molar-refractivity contribution in [2.24, 2.45) is 0 Å². The van der Waals surface area contributed by atoms with E-state index >= 15 is 0 Å². The Labute approximate surface area is 88.8 Å². The van der Waals surface area contributed by atoms with Gasteiger partial charge in [-0.05, 0) is 36.6 Å². The minimum Gasteiger partial charge on any atom is -0.398 e. The molecule has 0 saturated carbocycles. The fourth-order valence-corrected chi connectivity index (χ4v) is 1.95. The average Bonchev–Trinajstić information content (AvgIpc) is 2.17. The number of carbonyl (C=O) groups excluding carboxylic acids is 1. The van der Waals surface area contributed by atoms with Crippen molar-refractivity contribution in [1.29, 1.82) is 0 Å². The summed E-state index contributed by atoms with van der Waals surface area (Å²) in [5.41, 5.74) is 14.8. The molecule has 78 valence electrons. The summed E-state index contributed by atoms with van der Waals surface area (Å²) in [6, 6.07) is 5.44. The summed E-state index contributed by atoms with van der Waals surface area (Å²) in [6.07, 6.45) is 4.07. The predicted octanol–water partition coefficient (Wildman–Crippen LogP) is 1.99. The first-order valence-electron chi connectivity index (χ1n) is 5.06. The molecule has 0 aliphatic heterocycles. The normalized spacial score (nSPS) is 16.3. The van der Waals surface area contributed by atoms with Crippen LogP contribution in [0.1, 0.15) is 24.8 Å². The number of ketones is 1. The first kappa shape index (κ1) is 9.77. The van der Waals surface area contributed by atoms with Gasteiger partial charge in [-0.3, -0.25) is 4.79 Å². The number of rotatable bonds is 1. The highest BCUT2D eigenvalue weighted by Crippen LogP contribution is 2.33. The molecule has 1 aromatic carbocycles. The standard InChI is InChI=1S/C12H14N2O/c13-10-5-2-6-11(14)12(10)8-3-1-4-9(15)7-8/h2,5-7H,1,3-4,13-14H2. The Morgan fingerprint density at radius 3 is 2.33 bits per heavy atom. The molecule has 0 unspecified atom stereocenters. The summed E-state index contributed by atoms with van der Waals surface area (Å²) in [4.78, 5) is 11.3. The van der Waals surface area contributed by atoms with Crippen molar-refractivity contribution in [3.8, 4) is 0 Å². The first-order valence-corrected chi connectivity index (χ1v) is 5.06. The summed E-state index contributed by atoms with van der Waals surface area (Å²) >= 11 is 0. The van der Waals surface area contributed by atoms with Gasteiger partial charge in [0.15, 0.2) is 5.78 Å². The molecule has 3 nitrogen and oxygen atoms in total. The van der Waals surface area contributed by atoms with E-state index in [9.17, 15) is 4.79 Å². The van der Waals surface area contributed by atoms with E-state index in [2.05, 4.69) is 0 Å². The summed E-state index contributed by atoms with van der Waals surface area (Å²) in [6.45, 7) is 0. The van der Waals surface area contributed by atoms with Gasteiger partial charge in [0.2, 0.25) is 0 Å². The van der Waals surface area contributed by atoms with E-state index < -0.39 is 0 Å². The van der Waals surface area contributed by atoms with Crippen LogP contribution >= 0.6 is 0 Å². The molecule has 0 amide bonds. The third-order valence-corrected chi connectivity index (χ3v) is 2.65. The molecule has 1 aromatic rings.